The highest BCUT2D eigenvalue weighted by atomic mass is 35.5. The van der Waals surface area contributed by atoms with Gasteiger partial charge in [0.15, 0.2) is 0 Å². The SMILES string of the molecule is Cc1cc(N2CCC(n3cc[n+](CCCCCC[n+]4ccn(C5CCN(c6ccc(N)c(C)c6)C5)c4)c3)C2)ccc1N.[Cl-].[Cl-]. The molecule has 8 nitrogen and oxygen atoms in total. The average molecular weight is 640 g/mol. The molecule has 2 saturated heterocycles. The van der Waals surface area contributed by atoms with Crippen molar-refractivity contribution in [1.82, 2.24) is 9.13 Å². The van der Waals surface area contributed by atoms with Crippen LogP contribution in [0.15, 0.2) is 73.8 Å². The van der Waals surface area contributed by atoms with E-state index >= 15 is 0 Å². The highest BCUT2D eigenvalue weighted by molar-refractivity contribution is 5.59. The fraction of sp³-hybridized carbons (Fsp3) is 0.471. The molecule has 2 fully saturated rings. The third kappa shape index (κ3) is 7.83. The van der Waals surface area contributed by atoms with Gasteiger partial charge in [0.1, 0.15) is 36.9 Å². The van der Waals surface area contributed by atoms with Crippen molar-refractivity contribution < 1.29 is 33.9 Å². The molecule has 238 valence electrons. The first-order valence-electron chi connectivity index (χ1n) is 15.8. The normalized spacial score (nSPS) is 18.0. The molecule has 2 aromatic heterocycles. The van der Waals surface area contributed by atoms with Gasteiger partial charge in [0.05, 0.1) is 26.2 Å². The Balaban J connectivity index is 0.00000221. The Labute approximate surface area is 275 Å². The number of benzene rings is 2. The van der Waals surface area contributed by atoms with Crippen LogP contribution >= 0.6 is 0 Å². The van der Waals surface area contributed by atoms with E-state index in [9.17, 15) is 0 Å². The van der Waals surface area contributed by atoms with Crippen molar-refractivity contribution in [3.05, 3.63) is 85.0 Å². The summed E-state index contributed by atoms with van der Waals surface area (Å²) in [6, 6.07) is 13.9. The lowest BCUT2D eigenvalue weighted by atomic mass is 10.2. The second kappa shape index (κ2) is 15.1. The van der Waals surface area contributed by atoms with E-state index in [0.717, 1.165) is 61.8 Å². The summed E-state index contributed by atoms with van der Waals surface area (Å²) in [5.74, 6) is 0. The van der Waals surface area contributed by atoms with Crippen LogP contribution in [-0.2, 0) is 13.1 Å². The van der Waals surface area contributed by atoms with Crippen LogP contribution < -0.4 is 55.2 Å². The van der Waals surface area contributed by atoms with Crippen LogP contribution in [-0.4, -0.2) is 35.3 Å². The molecule has 0 aliphatic carbocycles. The molecular formula is C34H48Cl2N8. The highest BCUT2D eigenvalue weighted by Gasteiger charge is 2.29. The smallest absolute Gasteiger partial charge is 0.244 e. The predicted octanol–water partition coefficient (Wildman–Crippen LogP) is -1.18. The van der Waals surface area contributed by atoms with Gasteiger partial charge in [-0.15, -0.1) is 0 Å². The Morgan fingerprint density at radius 1 is 0.659 bits per heavy atom. The molecule has 10 heteroatoms. The second-order valence-electron chi connectivity index (χ2n) is 12.5. The van der Waals surface area contributed by atoms with Gasteiger partial charge < -0.3 is 46.1 Å². The molecule has 2 aliphatic heterocycles. The molecule has 0 radical (unpaired) electrons. The zero-order valence-electron chi connectivity index (χ0n) is 26.2. The number of nitrogens with two attached hydrogens (primary N) is 2. The summed E-state index contributed by atoms with van der Waals surface area (Å²) >= 11 is 0. The minimum absolute atomic E-state index is 0. The number of halogens is 2. The molecule has 0 amide bonds. The lowest BCUT2D eigenvalue weighted by Crippen LogP contribution is -3.00. The van der Waals surface area contributed by atoms with E-state index in [-0.39, 0.29) is 24.8 Å². The standard InChI is InChI=1S/C34H48N8.2ClH/c1-27-21-29(7-9-33(27)35)39-15-11-31(23-39)41-19-17-37(25-41)13-5-3-4-6-14-38-18-20-42(26-38)32-12-16-40(24-32)30-8-10-34(36)28(2)22-30;;/h7-10,17-22,25-26,31-32H,3-6,11-16,23-24,35-36H2,1-2H3;2*1H/q+2;;/p-2. The van der Waals surface area contributed by atoms with Crippen molar-refractivity contribution in [1.29, 1.82) is 0 Å². The molecule has 0 spiro atoms. The maximum Gasteiger partial charge on any atom is 0.244 e. The molecule has 0 saturated carbocycles. The van der Waals surface area contributed by atoms with Gasteiger partial charge in [0.25, 0.3) is 0 Å². The number of unbranched alkanes of at least 4 members (excludes halogenated alkanes) is 3. The number of hydrogen-bond acceptors (Lipinski definition) is 4. The topological polar surface area (TPSA) is 76.1 Å². The Kier molecular flexibility index (Phi) is 11.5. The number of hydrogen-bond donors (Lipinski definition) is 2. The molecule has 4 heterocycles. The van der Waals surface area contributed by atoms with Gasteiger partial charge >= 0.3 is 0 Å². The molecule has 2 atom stereocenters. The third-order valence-corrected chi connectivity index (χ3v) is 9.41. The van der Waals surface area contributed by atoms with Gasteiger partial charge in [-0.1, -0.05) is 0 Å². The van der Waals surface area contributed by atoms with E-state index in [2.05, 4.69) is 104 Å². The lowest BCUT2D eigenvalue weighted by Gasteiger charge is -2.18. The molecule has 4 N–H and O–H groups in total. The molecule has 2 aromatic carbocycles. The van der Waals surface area contributed by atoms with Gasteiger partial charge in [-0.3, -0.25) is 0 Å². The van der Waals surface area contributed by atoms with Crippen LogP contribution in [0.5, 0.6) is 0 Å². The molecule has 2 aliphatic rings. The summed E-state index contributed by atoms with van der Waals surface area (Å²) < 4.78 is 9.54. The maximum atomic E-state index is 6.02. The maximum absolute atomic E-state index is 6.02. The number of aryl methyl sites for hydroxylation is 4. The summed E-state index contributed by atoms with van der Waals surface area (Å²) in [6.07, 6.45) is 21.0. The third-order valence-electron chi connectivity index (χ3n) is 9.41. The molecule has 0 bridgehead atoms. The van der Waals surface area contributed by atoms with Crippen LogP contribution in [0.4, 0.5) is 22.7 Å². The van der Waals surface area contributed by atoms with Crippen LogP contribution in [0.3, 0.4) is 0 Å². The zero-order chi connectivity index (χ0) is 29.1. The first-order chi connectivity index (χ1) is 20.4. The van der Waals surface area contributed by atoms with Crippen molar-refractivity contribution in [3.63, 3.8) is 0 Å². The van der Waals surface area contributed by atoms with E-state index in [1.165, 1.54) is 49.9 Å². The van der Waals surface area contributed by atoms with E-state index in [4.69, 9.17) is 11.5 Å². The van der Waals surface area contributed by atoms with Crippen LogP contribution in [0.1, 0.15) is 61.7 Å². The number of aromatic nitrogens is 4. The first-order valence-corrected chi connectivity index (χ1v) is 15.8. The number of rotatable bonds is 11. The minimum Gasteiger partial charge on any atom is -1.00 e. The minimum atomic E-state index is 0. The summed E-state index contributed by atoms with van der Waals surface area (Å²) in [7, 11) is 0. The second-order valence-corrected chi connectivity index (χ2v) is 12.5. The summed E-state index contributed by atoms with van der Waals surface area (Å²) in [4.78, 5) is 4.97. The first kappa shape index (κ1) is 33.5. The lowest BCUT2D eigenvalue weighted by molar-refractivity contribution is -0.698. The number of nitrogens with zero attached hydrogens (tertiary/aromatic N) is 6. The fourth-order valence-corrected chi connectivity index (χ4v) is 6.61. The monoisotopic (exact) mass is 638 g/mol. The fourth-order valence-electron chi connectivity index (χ4n) is 6.61. The van der Waals surface area contributed by atoms with E-state index in [1.807, 2.05) is 12.1 Å². The Hall–Kier alpha value is -3.36. The molecule has 6 rings (SSSR count). The predicted molar refractivity (Wildman–Crippen MR) is 171 cm³/mol. The highest BCUT2D eigenvalue weighted by Crippen LogP contribution is 2.30. The summed E-state index contributed by atoms with van der Waals surface area (Å²) in [5, 5.41) is 0. The van der Waals surface area contributed by atoms with Crippen molar-refractivity contribution >= 4 is 22.7 Å². The van der Waals surface area contributed by atoms with Crippen LogP contribution in [0.25, 0.3) is 0 Å². The summed E-state index contributed by atoms with van der Waals surface area (Å²) in [6.45, 7) is 10.7. The van der Waals surface area contributed by atoms with E-state index < -0.39 is 0 Å². The Morgan fingerprint density at radius 3 is 1.50 bits per heavy atom. The molecule has 44 heavy (non-hydrogen) atoms. The largest absolute Gasteiger partial charge is 1.00 e. The van der Waals surface area contributed by atoms with Crippen LogP contribution in [0, 0.1) is 13.8 Å². The quantitative estimate of drug-likeness (QED) is 0.123. The molecule has 2 unspecified atom stereocenters. The van der Waals surface area contributed by atoms with Crippen molar-refractivity contribution in [3.8, 4) is 0 Å². The number of imidazole rings is 2. The van der Waals surface area contributed by atoms with E-state index in [0.29, 0.717) is 12.1 Å². The van der Waals surface area contributed by atoms with Gasteiger partial charge in [-0.05, 0) is 87.1 Å². The molecule has 4 aromatic rings. The van der Waals surface area contributed by atoms with Crippen molar-refractivity contribution in [2.75, 3.05) is 47.4 Å². The van der Waals surface area contributed by atoms with Crippen molar-refractivity contribution in [2.24, 2.45) is 0 Å². The average Bonchev–Trinajstić information content (AvgIpc) is 3.80. The number of nitrogen functional groups attached to an aromatic ring is 2. The zero-order valence-corrected chi connectivity index (χ0v) is 27.7. The van der Waals surface area contributed by atoms with Gasteiger partial charge in [-0.25, -0.2) is 18.3 Å². The Morgan fingerprint density at radius 2 is 1.09 bits per heavy atom. The van der Waals surface area contributed by atoms with Gasteiger partial charge in [0.2, 0.25) is 12.7 Å². The van der Waals surface area contributed by atoms with E-state index in [1.54, 1.807) is 0 Å². The summed E-state index contributed by atoms with van der Waals surface area (Å²) in [5.41, 5.74) is 18.7. The molecular weight excluding hydrogens is 591 g/mol. The van der Waals surface area contributed by atoms with Crippen molar-refractivity contribution in [2.45, 2.75) is 77.5 Å². The number of anilines is 4. The van der Waals surface area contributed by atoms with Gasteiger partial charge in [0, 0.05) is 48.7 Å². The van der Waals surface area contributed by atoms with Crippen LogP contribution in [0.2, 0.25) is 0 Å². The Bertz CT molecular complexity index is 1390. The van der Waals surface area contributed by atoms with Gasteiger partial charge in [-0.2, -0.15) is 0 Å².